The fraction of sp³-hybridized carbons (Fsp3) is 0.400. The van der Waals surface area contributed by atoms with E-state index in [2.05, 4.69) is 76.3 Å². The molecule has 21 heavy (non-hydrogen) atoms. The molecule has 0 aromatic heterocycles. The summed E-state index contributed by atoms with van der Waals surface area (Å²) in [5.74, 6) is 0. The third-order valence-electron chi connectivity index (χ3n) is 4.23. The quantitative estimate of drug-likeness (QED) is 0.829. The zero-order valence-electron chi connectivity index (χ0n) is 14.0. The Balaban J connectivity index is 2.33. The highest BCUT2D eigenvalue weighted by Crippen LogP contribution is 2.25. The van der Waals surface area contributed by atoms with Crippen molar-refractivity contribution in [2.45, 2.75) is 47.1 Å². The van der Waals surface area contributed by atoms with Crippen molar-refractivity contribution in [1.82, 2.24) is 5.32 Å². The highest BCUT2D eigenvalue weighted by Gasteiger charge is 2.14. The molecule has 0 bridgehead atoms. The van der Waals surface area contributed by atoms with Crippen LogP contribution < -0.4 is 5.32 Å². The molecule has 112 valence electrons. The van der Waals surface area contributed by atoms with Crippen molar-refractivity contribution in [3.8, 4) is 0 Å². The third-order valence-corrected chi connectivity index (χ3v) is 4.23. The minimum absolute atomic E-state index is 0.385. The van der Waals surface area contributed by atoms with E-state index in [-0.39, 0.29) is 0 Å². The lowest BCUT2D eigenvalue weighted by molar-refractivity contribution is 0.547. The zero-order chi connectivity index (χ0) is 15.4. The molecular formula is C20H27N. The van der Waals surface area contributed by atoms with E-state index in [9.17, 15) is 0 Å². The van der Waals surface area contributed by atoms with Gasteiger partial charge in [-0.1, -0.05) is 48.9 Å². The van der Waals surface area contributed by atoms with E-state index in [0.29, 0.717) is 6.04 Å². The maximum atomic E-state index is 3.65. The van der Waals surface area contributed by atoms with Gasteiger partial charge in [0, 0.05) is 6.04 Å². The van der Waals surface area contributed by atoms with Crippen LogP contribution in [-0.2, 0) is 6.42 Å². The van der Waals surface area contributed by atoms with Gasteiger partial charge in [0.25, 0.3) is 0 Å². The normalized spacial score (nSPS) is 12.4. The van der Waals surface area contributed by atoms with Crippen molar-refractivity contribution in [2.75, 3.05) is 6.54 Å². The van der Waals surface area contributed by atoms with Crippen molar-refractivity contribution >= 4 is 0 Å². The van der Waals surface area contributed by atoms with Crippen LogP contribution in [0.15, 0.2) is 36.4 Å². The van der Waals surface area contributed by atoms with Crippen LogP contribution in [0.5, 0.6) is 0 Å². The Kier molecular flexibility index (Phi) is 5.19. The molecule has 1 unspecified atom stereocenters. The summed E-state index contributed by atoms with van der Waals surface area (Å²) in [5, 5.41) is 3.65. The van der Waals surface area contributed by atoms with Crippen LogP contribution in [0.2, 0.25) is 0 Å². The van der Waals surface area contributed by atoms with E-state index >= 15 is 0 Å². The molecule has 2 aromatic carbocycles. The molecule has 0 aliphatic rings. The average molecular weight is 281 g/mol. The number of rotatable bonds is 5. The Morgan fingerprint density at radius 3 is 2.29 bits per heavy atom. The third kappa shape index (κ3) is 3.95. The SMILES string of the molecule is CCNC(Cc1cccc(C)c1)c1cc(C)c(C)cc1C. The average Bonchev–Trinajstić information content (AvgIpc) is 2.42. The monoisotopic (exact) mass is 281 g/mol. The highest BCUT2D eigenvalue weighted by atomic mass is 14.9. The lowest BCUT2D eigenvalue weighted by atomic mass is 9.91. The van der Waals surface area contributed by atoms with Gasteiger partial charge in [-0.3, -0.25) is 0 Å². The summed E-state index contributed by atoms with van der Waals surface area (Å²) in [7, 11) is 0. The second-order valence-electron chi connectivity index (χ2n) is 6.10. The van der Waals surface area contributed by atoms with Crippen molar-refractivity contribution in [1.29, 1.82) is 0 Å². The first-order valence-electron chi connectivity index (χ1n) is 7.88. The Bertz CT molecular complexity index is 613. The first kappa shape index (κ1) is 15.8. The predicted octanol–water partition coefficient (Wildman–Crippen LogP) is 4.81. The second-order valence-corrected chi connectivity index (χ2v) is 6.10. The molecule has 2 aromatic rings. The molecule has 0 saturated carbocycles. The van der Waals surface area contributed by atoms with Gasteiger partial charge in [0.1, 0.15) is 0 Å². The van der Waals surface area contributed by atoms with Gasteiger partial charge in [-0.2, -0.15) is 0 Å². The Labute approximate surface area is 129 Å². The van der Waals surface area contributed by atoms with Gasteiger partial charge >= 0.3 is 0 Å². The van der Waals surface area contributed by atoms with E-state index in [1.165, 1.54) is 33.4 Å². The summed E-state index contributed by atoms with van der Waals surface area (Å²) in [5.41, 5.74) is 8.31. The summed E-state index contributed by atoms with van der Waals surface area (Å²) < 4.78 is 0. The maximum Gasteiger partial charge on any atom is 0.0363 e. The smallest absolute Gasteiger partial charge is 0.0363 e. The van der Waals surface area contributed by atoms with Crippen molar-refractivity contribution < 1.29 is 0 Å². The second kappa shape index (κ2) is 6.91. The van der Waals surface area contributed by atoms with Crippen molar-refractivity contribution in [3.63, 3.8) is 0 Å². The predicted molar refractivity (Wildman–Crippen MR) is 92.0 cm³/mol. The summed E-state index contributed by atoms with van der Waals surface area (Å²) in [6.45, 7) is 11.9. The van der Waals surface area contributed by atoms with Crippen molar-refractivity contribution in [2.24, 2.45) is 0 Å². The molecule has 1 N–H and O–H groups in total. The van der Waals surface area contributed by atoms with Crippen LogP contribution in [-0.4, -0.2) is 6.54 Å². The van der Waals surface area contributed by atoms with Crippen LogP contribution in [0, 0.1) is 27.7 Å². The minimum atomic E-state index is 0.385. The fourth-order valence-electron chi connectivity index (χ4n) is 2.97. The van der Waals surface area contributed by atoms with Crippen LogP contribution in [0.3, 0.4) is 0 Å². The molecular weight excluding hydrogens is 254 g/mol. The number of aryl methyl sites for hydroxylation is 4. The standard InChI is InChI=1S/C20H27N/c1-6-21-20(13-18-9-7-8-14(2)10-18)19-12-16(4)15(3)11-17(19)5/h7-12,20-21H,6,13H2,1-5H3. The molecule has 0 saturated heterocycles. The van der Waals surface area contributed by atoms with Gasteiger partial charge in [0.2, 0.25) is 0 Å². The summed E-state index contributed by atoms with van der Waals surface area (Å²) in [4.78, 5) is 0. The largest absolute Gasteiger partial charge is 0.310 e. The van der Waals surface area contributed by atoms with Crippen molar-refractivity contribution in [3.05, 3.63) is 69.8 Å². The number of nitrogens with one attached hydrogen (secondary N) is 1. The molecule has 0 radical (unpaired) electrons. The first-order chi connectivity index (χ1) is 10.0. The van der Waals surface area contributed by atoms with Crippen LogP contribution >= 0.6 is 0 Å². The van der Waals surface area contributed by atoms with E-state index in [4.69, 9.17) is 0 Å². The molecule has 1 atom stereocenters. The molecule has 2 rings (SSSR count). The van der Waals surface area contributed by atoms with Crippen LogP contribution in [0.1, 0.15) is 46.3 Å². The van der Waals surface area contributed by atoms with Crippen LogP contribution in [0.4, 0.5) is 0 Å². The van der Waals surface area contributed by atoms with Gasteiger partial charge < -0.3 is 5.32 Å². The van der Waals surface area contributed by atoms with Gasteiger partial charge in [0.15, 0.2) is 0 Å². The molecule has 0 spiro atoms. The Morgan fingerprint density at radius 2 is 1.62 bits per heavy atom. The highest BCUT2D eigenvalue weighted by molar-refractivity contribution is 5.39. The number of hydrogen-bond donors (Lipinski definition) is 1. The Hall–Kier alpha value is -1.60. The van der Waals surface area contributed by atoms with E-state index in [1.54, 1.807) is 0 Å². The van der Waals surface area contributed by atoms with E-state index in [1.807, 2.05) is 0 Å². The lowest BCUT2D eigenvalue weighted by Gasteiger charge is -2.22. The number of hydrogen-bond acceptors (Lipinski definition) is 1. The summed E-state index contributed by atoms with van der Waals surface area (Å²) in [6, 6.07) is 13.9. The zero-order valence-corrected chi connectivity index (χ0v) is 14.0. The number of likely N-dealkylation sites (N-methyl/N-ethyl adjacent to an activating group) is 1. The van der Waals surface area contributed by atoms with Gasteiger partial charge in [-0.15, -0.1) is 0 Å². The molecule has 1 nitrogen and oxygen atoms in total. The van der Waals surface area contributed by atoms with Gasteiger partial charge in [-0.05, 0) is 68.5 Å². The minimum Gasteiger partial charge on any atom is -0.310 e. The molecule has 0 fully saturated rings. The van der Waals surface area contributed by atoms with Gasteiger partial charge in [-0.25, -0.2) is 0 Å². The molecule has 0 aliphatic heterocycles. The summed E-state index contributed by atoms with van der Waals surface area (Å²) in [6.07, 6.45) is 1.04. The topological polar surface area (TPSA) is 12.0 Å². The first-order valence-corrected chi connectivity index (χ1v) is 7.88. The molecule has 0 aliphatic carbocycles. The van der Waals surface area contributed by atoms with Crippen LogP contribution in [0.25, 0.3) is 0 Å². The Morgan fingerprint density at radius 1 is 0.905 bits per heavy atom. The molecule has 1 heteroatoms. The fourth-order valence-corrected chi connectivity index (χ4v) is 2.97. The lowest BCUT2D eigenvalue weighted by Crippen LogP contribution is -2.24. The number of benzene rings is 2. The molecule has 0 heterocycles. The van der Waals surface area contributed by atoms with Gasteiger partial charge in [0.05, 0.1) is 0 Å². The van der Waals surface area contributed by atoms with E-state index in [0.717, 1.165) is 13.0 Å². The summed E-state index contributed by atoms with van der Waals surface area (Å²) >= 11 is 0. The van der Waals surface area contributed by atoms with E-state index < -0.39 is 0 Å². The molecule has 0 amide bonds. The maximum absolute atomic E-state index is 3.65.